The number of aliphatic carboxylic acids is 1. The van der Waals surface area contributed by atoms with E-state index in [2.05, 4.69) is 15.5 Å². The summed E-state index contributed by atoms with van der Waals surface area (Å²) in [6, 6.07) is 9.41. The van der Waals surface area contributed by atoms with E-state index >= 15 is 0 Å². The SMILES string of the molecule is Cc1cccc(Cn2cc(Cl)c(NC(=O)c3ccnn3CC(=O)O)n2)c1. The molecule has 2 aromatic heterocycles. The van der Waals surface area contributed by atoms with Crippen LogP contribution in [0, 0.1) is 6.92 Å². The topological polar surface area (TPSA) is 102 Å². The van der Waals surface area contributed by atoms with Crippen LogP contribution in [-0.2, 0) is 17.9 Å². The zero-order valence-corrected chi connectivity index (χ0v) is 14.6. The number of carboxylic acids is 1. The first-order valence-electron chi connectivity index (χ1n) is 7.76. The number of hydrogen-bond acceptors (Lipinski definition) is 4. The second kappa shape index (κ2) is 7.40. The smallest absolute Gasteiger partial charge is 0.325 e. The highest BCUT2D eigenvalue weighted by atomic mass is 35.5. The van der Waals surface area contributed by atoms with Gasteiger partial charge in [-0.05, 0) is 18.6 Å². The van der Waals surface area contributed by atoms with Crippen molar-refractivity contribution in [3.8, 4) is 0 Å². The number of carboxylic acid groups (broad SMARTS) is 1. The van der Waals surface area contributed by atoms with Crippen LogP contribution in [0.3, 0.4) is 0 Å². The van der Waals surface area contributed by atoms with Gasteiger partial charge in [-0.2, -0.15) is 10.2 Å². The first-order chi connectivity index (χ1) is 12.4. The zero-order valence-electron chi connectivity index (χ0n) is 13.9. The molecule has 0 radical (unpaired) electrons. The van der Waals surface area contributed by atoms with Crippen LogP contribution in [0.2, 0.25) is 5.02 Å². The Kier molecular flexibility index (Phi) is 5.04. The van der Waals surface area contributed by atoms with Crippen molar-refractivity contribution >= 4 is 29.3 Å². The van der Waals surface area contributed by atoms with Crippen LogP contribution in [0.1, 0.15) is 21.6 Å². The Labute approximate surface area is 154 Å². The molecule has 2 N–H and O–H groups in total. The van der Waals surface area contributed by atoms with Gasteiger partial charge in [-0.25, -0.2) is 4.68 Å². The lowest BCUT2D eigenvalue weighted by molar-refractivity contribution is -0.137. The van der Waals surface area contributed by atoms with E-state index in [9.17, 15) is 9.59 Å². The van der Waals surface area contributed by atoms with Crippen LogP contribution in [0.15, 0.2) is 42.7 Å². The maximum Gasteiger partial charge on any atom is 0.325 e. The molecule has 0 aliphatic rings. The van der Waals surface area contributed by atoms with Gasteiger partial charge in [0.1, 0.15) is 17.3 Å². The van der Waals surface area contributed by atoms with Crippen molar-refractivity contribution < 1.29 is 14.7 Å². The molecule has 9 heteroatoms. The quantitative estimate of drug-likeness (QED) is 0.690. The van der Waals surface area contributed by atoms with Crippen molar-refractivity contribution in [2.45, 2.75) is 20.0 Å². The number of aryl methyl sites for hydroxylation is 1. The van der Waals surface area contributed by atoms with E-state index in [0.717, 1.165) is 15.8 Å². The molecule has 0 aliphatic carbocycles. The molecule has 26 heavy (non-hydrogen) atoms. The molecule has 0 aliphatic heterocycles. The number of carbonyl (C=O) groups is 2. The molecule has 3 rings (SSSR count). The minimum atomic E-state index is -1.09. The molecule has 134 valence electrons. The first-order valence-corrected chi connectivity index (χ1v) is 8.13. The zero-order chi connectivity index (χ0) is 18.7. The van der Waals surface area contributed by atoms with Gasteiger partial charge in [0.2, 0.25) is 0 Å². The van der Waals surface area contributed by atoms with Gasteiger partial charge in [-0.1, -0.05) is 41.4 Å². The second-order valence-electron chi connectivity index (χ2n) is 5.73. The molecule has 0 unspecified atom stereocenters. The number of nitrogens with one attached hydrogen (secondary N) is 1. The number of carbonyl (C=O) groups excluding carboxylic acids is 1. The summed E-state index contributed by atoms with van der Waals surface area (Å²) in [5.41, 5.74) is 2.30. The number of aromatic nitrogens is 4. The Balaban J connectivity index is 1.74. The largest absolute Gasteiger partial charge is 0.480 e. The van der Waals surface area contributed by atoms with E-state index in [4.69, 9.17) is 16.7 Å². The van der Waals surface area contributed by atoms with Crippen LogP contribution in [-0.4, -0.2) is 36.5 Å². The van der Waals surface area contributed by atoms with E-state index in [1.165, 1.54) is 12.3 Å². The van der Waals surface area contributed by atoms with Crippen LogP contribution in [0.25, 0.3) is 0 Å². The highest BCUT2D eigenvalue weighted by Gasteiger charge is 2.17. The van der Waals surface area contributed by atoms with Gasteiger partial charge in [-0.3, -0.25) is 14.3 Å². The van der Waals surface area contributed by atoms with Gasteiger partial charge in [0.05, 0.1) is 6.54 Å². The molecule has 0 fully saturated rings. The van der Waals surface area contributed by atoms with Crippen LogP contribution < -0.4 is 5.32 Å². The Morgan fingerprint density at radius 3 is 2.85 bits per heavy atom. The molecule has 0 atom stereocenters. The van der Waals surface area contributed by atoms with Crippen molar-refractivity contribution in [2.24, 2.45) is 0 Å². The van der Waals surface area contributed by atoms with Crippen molar-refractivity contribution in [3.05, 3.63) is 64.6 Å². The maximum absolute atomic E-state index is 12.4. The molecule has 1 amide bonds. The Hall–Kier alpha value is -3.13. The summed E-state index contributed by atoms with van der Waals surface area (Å²) in [7, 11) is 0. The van der Waals surface area contributed by atoms with Crippen molar-refractivity contribution in [1.29, 1.82) is 0 Å². The fourth-order valence-electron chi connectivity index (χ4n) is 2.51. The van der Waals surface area contributed by atoms with Crippen molar-refractivity contribution in [3.63, 3.8) is 0 Å². The molecule has 2 heterocycles. The molecule has 0 saturated heterocycles. The Bertz CT molecular complexity index is 963. The Morgan fingerprint density at radius 1 is 1.31 bits per heavy atom. The normalized spacial score (nSPS) is 10.7. The number of amides is 1. The van der Waals surface area contributed by atoms with Crippen molar-refractivity contribution in [1.82, 2.24) is 19.6 Å². The van der Waals surface area contributed by atoms with Crippen LogP contribution >= 0.6 is 11.6 Å². The summed E-state index contributed by atoms with van der Waals surface area (Å²) in [5.74, 6) is -1.43. The average molecular weight is 374 g/mol. The third kappa shape index (κ3) is 4.09. The average Bonchev–Trinajstić information content (AvgIpc) is 3.14. The van der Waals surface area contributed by atoms with Gasteiger partial charge >= 0.3 is 5.97 Å². The molecule has 3 aromatic rings. The highest BCUT2D eigenvalue weighted by molar-refractivity contribution is 6.33. The van der Waals surface area contributed by atoms with Crippen molar-refractivity contribution in [2.75, 3.05) is 5.32 Å². The summed E-state index contributed by atoms with van der Waals surface area (Å²) in [6.07, 6.45) is 2.98. The van der Waals surface area contributed by atoms with Gasteiger partial charge in [-0.15, -0.1) is 0 Å². The van der Waals surface area contributed by atoms with E-state index < -0.39 is 18.4 Å². The summed E-state index contributed by atoms with van der Waals surface area (Å²) < 4.78 is 2.72. The lowest BCUT2D eigenvalue weighted by Crippen LogP contribution is -2.21. The summed E-state index contributed by atoms with van der Waals surface area (Å²) >= 11 is 6.16. The van der Waals surface area contributed by atoms with Crippen LogP contribution in [0.4, 0.5) is 5.82 Å². The van der Waals surface area contributed by atoms with E-state index in [1.54, 1.807) is 10.9 Å². The van der Waals surface area contributed by atoms with Gasteiger partial charge in [0, 0.05) is 12.4 Å². The van der Waals surface area contributed by atoms with E-state index in [0.29, 0.717) is 6.54 Å². The molecule has 0 saturated carbocycles. The second-order valence-corrected chi connectivity index (χ2v) is 6.14. The number of rotatable bonds is 6. The molecular weight excluding hydrogens is 358 g/mol. The fourth-order valence-corrected chi connectivity index (χ4v) is 2.71. The van der Waals surface area contributed by atoms with Crippen LogP contribution in [0.5, 0.6) is 0 Å². The van der Waals surface area contributed by atoms with Gasteiger partial charge < -0.3 is 10.4 Å². The summed E-state index contributed by atoms with van der Waals surface area (Å²) in [6.45, 7) is 2.10. The van der Waals surface area contributed by atoms with Gasteiger partial charge in [0.15, 0.2) is 5.82 Å². The lowest BCUT2D eigenvalue weighted by Gasteiger charge is -2.05. The monoisotopic (exact) mass is 373 g/mol. The predicted molar refractivity (Wildman–Crippen MR) is 95.3 cm³/mol. The van der Waals surface area contributed by atoms with E-state index in [1.807, 2.05) is 31.2 Å². The molecule has 0 bridgehead atoms. The summed E-state index contributed by atoms with van der Waals surface area (Å²) in [5, 5.41) is 19.8. The first kappa shape index (κ1) is 17.7. The number of hydrogen-bond donors (Lipinski definition) is 2. The Morgan fingerprint density at radius 2 is 2.12 bits per heavy atom. The maximum atomic E-state index is 12.4. The fraction of sp³-hybridized carbons (Fsp3) is 0.176. The molecule has 0 spiro atoms. The number of nitrogens with zero attached hydrogens (tertiary/aromatic N) is 4. The number of halogens is 1. The minimum absolute atomic E-state index is 0.108. The minimum Gasteiger partial charge on any atom is -0.480 e. The third-order valence-electron chi connectivity index (χ3n) is 3.61. The third-order valence-corrected chi connectivity index (χ3v) is 3.89. The predicted octanol–water partition coefficient (Wildman–Crippen LogP) is 2.43. The highest BCUT2D eigenvalue weighted by Crippen LogP contribution is 2.21. The molecule has 1 aromatic carbocycles. The van der Waals surface area contributed by atoms with Gasteiger partial charge in [0.25, 0.3) is 5.91 Å². The molecule has 8 nitrogen and oxygen atoms in total. The van der Waals surface area contributed by atoms with E-state index in [-0.39, 0.29) is 16.5 Å². The summed E-state index contributed by atoms with van der Waals surface area (Å²) in [4.78, 5) is 23.2. The number of benzene rings is 1. The number of anilines is 1. The molecular formula is C17H16ClN5O3. The lowest BCUT2D eigenvalue weighted by atomic mass is 10.1. The standard InChI is InChI=1S/C17H16ClN5O3/c1-11-3-2-4-12(7-11)8-22-9-13(18)16(21-22)20-17(26)14-5-6-19-23(14)10-15(24)25/h2-7,9H,8,10H2,1H3,(H,24,25)(H,20,21,26).